The van der Waals surface area contributed by atoms with E-state index in [0.717, 1.165) is 13.2 Å². The van der Waals surface area contributed by atoms with Crippen LogP contribution in [0.5, 0.6) is 0 Å². The molecule has 5 heteroatoms. The molecule has 0 amide bonds. The summed E-state index contributed by atoms with van der Waals surface area (Å²) < 4.78 is 40.8. The van der Waals surface area contributed by atoms with Gasteiger partial charge in [0, 0.05) is 5.41 Å². The largest absolute Gasteiger partial charge is 0.414 e. The van der Waals surface area contributed by atoms with Crippen molar-refractivity contribution in [2.45, 2.75) is 26.3 Å². The molecule has 2 aliphatic heterocycles. The average molecular weight is 184 g/mol. The van der Waals surface area contributed by atoms with Crippen LogP contribution in [-0.4, -0.2) is 25.7 Å². The Morgan fingerprint density at radius 2 is 1.50 bits per heavy atom. The Morgan fingerprint density at radius 3 is 1.50 bits per heavy atom. The molecule has 0 radical (unpaired) electrons. The minimum Gasteiger partial charge on any atom is -0.380 e. The first kappa shape index (κ1) is 9.80. The van der Waals surface area contributed by atoms with Gasteiger partial charge in [-0.2, -0.15) is 8.78 Å². The van der Waals surface area contributed by atoms with Crippen molar-refractivity contribution in [2.75, 3.05) is 13.2 Å². The van der Waals surface area contributed by atoms with Gasteiger partial charge in [-0.25, -0.2) is 4.39 Å². The lowest BCUT2D eigenvalue weighted by Gasteiger charge is -2.33. The second kappa shape index (κ2) is 2.88. The summed E-state index contributed by atoms with van der Waals surface area (Å²) >= 11 is 0. The fraction of sp³-hybridized carbons (Fsp3) is 1.00. The fourth-order valence-corrected chi connectivity index (χ4v) is 0.614. The number of alkyl halides is 3. The highest BCUT2D eigenvalue weighted by molar-refractivity contribution is 4.73. The van der Waals surface area contributed by atoms with Crippen LogP contribution in [0.25, 0.3) is 0 Å². The van der Waals surface area contributed by atoms with Crippen LogP contribution >= 0.6 is 0 Å². The third-order valence-electron chi connectivity index (χ3n) is 1.45. The standard InChI is InChI=1S/C5H10O.C2HF3O/c1-5(2)3-6-4-5;3-1-2(4,5)6-1/h3-4H2,1-2H3;1H. The molecule has 0 aromatic rings. The number of hydrogen-bond acceptors (Lipinski definition) is 2. The van der Waals surface area contributed by atoms with Gasteiger partial charge >= 0.3 is 6.11 Å². The van der Waals surface area contributed by atoms with E-state index in [4.69, 9.17) is 4.74 Å². The van der Waals surface area contributed by atoms with Crippen LogP contribution in [-0.2, 0) is 9.47 Å². The maximum atomic E-state index is 10.9. The lowest BCUT2D eigenvalue weighted by atomic mass is 9.92. The predicted octanol–water partition coefficient (Wildman–Crippen LogP) is 1.95. The molecule has 1 atom stereocenters. The zero-order chi connectivity index (χ0) is 9.41. The van der Waals surface area contributed by atoms with Crippen LogP contribution in [0.15, 0.2) is 0 Å². The normalized spacial score (nSPS) is 34.2. The highest BCUT2D eigenvalue weighted by atomic mass is 19.3. The van der Waals surface area contributed by atoms with E-state index in [1.165, 1.54) is 0 Å². The minimum atomic E-state index is -3.46. The quantitative estimate of drug-likeness (QED) is 0.536. The number of halogens is 3. The number of ether oxygens (including phenoxy) is 2. The Kier molecular flexibility index (Phi) is 2.35. The van der Waals surface area contributed by atoms with Gasteiger partial charge in [0.15, 0.2) is 0 Å². The second-order valence-corrected chi connectivity index (χ2v) is 3.65. The highest BCUT2D eigenvalue weighted by Gasteiger charge is 2.61. The van der Waals surface area contributed by atoms with Crippen LogP contribution < -0.4 is 0 Å². The van der Waals surface area contributed by atoms with Gasteiger partial charge in [0.25, 0.3) is 6.36 Å². The molecule has 2 heterocycles. The van der Waals surface area contributed by atoms with Crippen LogP contribution in [0, 0.1) is 5.41 Å². The Morgan fingerprint density at radius 1 is 1.25 bits per heavy atom. The Balaban J connectivity index is 0.000000120. The van der Waals surface area contributed by atoms with Gasteiger partial charge in [-0.05, 0) is 0 Å². The Hall–Kier alpha value is -0.290. The van der Waals surface area contributed by atoms with Gasteiger partial charge in [0.05, 0.1) is 13.2 Å². The van der Waals surface area contributed by atoms with Gasteiger partial charge in [-0.3, -0.25) is 4.74 Å². The van der Waals surface area contributed by atoms with Crippen molar-refractivity contribution in [1.29, 1.82) is 0 Å². The molecule has 0 saturated carbocycles. The molecule has 0 spiro atoms. The van der Waals surface area contributed by atoms with Gasteiger partial charge in [-0.1, -0.05) is 13.8 Å². The van der Waals surface area contributed by atoms with Crippen LogP contribution in [0.3, 0.4) is 0 Å². The molecule has 72 valence electrons. The summed E-state index contributed by atoms with van der Waals surface area (Å²) in [6.07, 6.45) is -5.79. The van der Waals surface area contributed by atoms with E-state index < -0.39 is 12.5 Å². The molecule has 0 N–H and O–H groups in total. The zero-order valence-corrected chi connectivity index (χ0v) is 6.94. The summed E-state index contributed by atoms with van der Waals surface area (Å²) in [6, 6.07) is 0. The number of rotatable bonds is 0. The van der Waals surface area contributed by atoms with E-state index in [2.05, 4.69) is 18.6 Å². The SMILES string of the molecule is CC1(C)COC1.FC1OC1(F)F. The van der Waals surface area contributed by atoms with Crippen molar-refractivity contribution in [3.63, 3.8) is 0 Å². The first-order valence-corrected chi connectivity index (χ1v) is 3.61. The van der Waals surface area contributed by atoms with Crippen LogP contribution in [0.1, 0.15) is 13.8 Å². The first-order chi connectivity index (χ1) is 5.33. The summed E-state index contributed by atoms with van der Waals surface area (Å²) in [5, 5.41) is 0. The summed E-state index contributed by atoms with van der Waals surface area (Å²) in [4.78, 5) is 0. The van der Waals surface area contributed by atoms with Crippen molar-refractivity contribution in [2.24, 2.45) is 5.41 Å². The Bertz CT molecular complexity index is 157. The number of hydrogen-bond donors (Lipinski definition) is 0. The monoisotopic (exact) mass is 184 g/mol. The molecule has 2 aliphatic rings. The molecule has 1 unspecified atom stereocenters. The van der Waals surface area contributed by atoms with E-state index in [0.29, 0.717) is 5.41 Å². The molecular weight excluding hydrogens is 173 g/mol. The molecule has 2 nitrogen and oxygen atoms in total. The molecule has 2 fully saturated rings. The van der Waals surface area contributed by atoms with E-state index in [-0.39, 0.29) is 0 Å². The summed E-state index contributed by atoms with van der Waals surface area (Å²) in [5.74, 6) is 0. The predicted molar refractivity (Wildman–Crippen MR) is 35.5 cm³/mol. The fourth-order valence-electron chi connectivity index (χ4n) is 0.614. The topological polar surface area (TPSA) is 21.8 Å². The minimum absolute atomic E-state index is 0.500. The molecule has 2 rings (SSSR count). The van der Waals surface area contributed by atoms with E-state index in [1.807, 2.05) is 0 Å². The van der Waals surface area contributed by atoms with Gasteiger partial charge in [-0.15, -0.1) is 0 Å². The molecule has 0 bridgehead atoms. The average Bonchev–Trinajstić information content (AvgIpc) is 2.36. The maximum absolute atomic E-state index is 10.9. The molecule has 2 saturated heterocycles. The van der Waals surface area contributed by atoms with Crippen molar-refractivity contribution >= 4 is 0 Å². The molecule has 0 aromatic heterocycles. The Labute approximate surface area is 68.6 Å². The highest BCUT2D eigenvalue weighted by Crippen LogP contribution is 2.39. The van der Waals surface area contributed by atoms with Gasteiger partial charge in [0.2, 0.25) is 0 Å². The third kappa shape index (κ3) is 2.64. The van der Waals surface area contributed by atoms with Gasteiger partial charge < -0.3 is 4.74 Å². The second-order valence-electron chi connectivity index (χ2n) is 3.65. The van der Waals surface area contributed by atoms with Gasteiger partial charge in [0.1, 0.15) is 0 Å². The summed E-state index contributed by atoms with van der Waals surface area (Å²) in [6.45, 7) is 6.31. The molecule has 0 aliphatic carbocycles. The van der Waals surface area contributed by atoms with Crippen molar-refractivity contribution in [3.8, 4) is 0 Å². The van der Waals surface area contributed by atoms with Crippen molar-refractivity contribution in [1.82, 2.24) is 0 Å². The van der Waals surface area contributed by atoms with Crippen LogP contribution in [0.4, 0.5) is 13.2 Å². The smallest absolute Gasteiger partial charge is 0.380 e. The van der Waals surface area contributed by atoms with Crippen molar-refractivity contribution < 1.29 is 22.6 Å². The van der Waals surface area contributed by atoms with E-state index in [1.54, 1.807) is 0 Å². The number of epoxide rings is 1. The molecular formula is C7H11F3O2. The lowest BCUT2D eigenvalue weighted by Crippen LogP contribution is -2.36. The third-order valence-corrected chi connectivity index (χ3v) is 1.45. The lowest BCUT2D eigenvalue weighted by molar-refractivity contribution is -0.0892. The summed E-state index contributed by atoms with van der Waals surface area (Å²) in [7, 11) is 0. The first-order valence-electron chi connectivity index (χ1n) is 3.61. The molecule has 12 heavy (non-hydrogen) atoms. The van der Waals surface area contributed by atoms with Crippen LogP contribution in [0.2, 0.25) is 0 Å². The van der Waals surface area contributed by atoms with Crippen molar-refractivity contribution in [3.05, 3.63) is 0 Å². The summed E-state index contributed by atoms with van der Waals surface area (Å²) in [5.41, 5.74) is 0.500. The van der Waals surface area contributed by atoms with E-state index in [9.17, 15) is 13.2 Å². The van der Waals surface area contributed by atoms with E-state index >= 15 is 0 Å². The maximum Gasteiger partial charge on any atom is 0.414 e. The zero-order valence-electron chi connectivity index (χ0n) is 6.94. The molecule has 0 aromatic carbocycles.